The molecule has 0 heteroatoms. The molecule has 0 radical (unpaired) electrons. The second kappa shape index (κ2) is 13.4. The average molecular weight is 255 g/mol. The fourth-order valence-electron chi connectivity index (χ4n) is 2.95. The first-order valence-corrected chi connectivity index (χ1v) is 8.74. The maximum Gasteiger partial charge on any atom is -0.0414 e. The molecule has 0 amide bonds. The van der Waals surface area contributed by atoms with Gasteiger partial charge in [0.2, 0.25) is 0 Å². The molecular formula is C18H38. The second-order valence-corrected chi connectivity index (χ2v) is 6.31. The van der Waals surface area contributed by atoms with Crippen LogP contribution in [0.15, 0.2) is 0 Å². The first-order valence-electron chi connectivity index (χ1n) is 8.74. The molecule has 0 fully saturated rings. The molecule has 18 heavy (non-hydrogen) atoms. The van der Waals surface area contributed by atoms with E-state index < -0.39 is 0 Å². The maximum atomic E-state index is 2.47. The van der Waals surface area contributed by atoms with E-state index in [0.29, 0.717) is 0 Å². The molecule has 0 bridgehead atoms. The molecule has 0 spiro atoms. The van der Waals surface area contributed by atoms with E-state index in [-0.39, 0.29) is 0 Å². The zero-order chi connectivity index (χ0) is 13.6. The highest BCUT2D eigenvalue weighted by Gasteiger charge is 2.11. The van der Waals surface area contributed by atoms with Crippen molar-refractivity contribution in [3.8, 4) is 0 Å². The summed E-state index contributed by atoms with van der Waals surface area (Å²) in [5.41, 5.74) is 0. The lowest BCUT2D eigenvalue weighted by molar-refractivity contribution is 0.331. The van der Waals surface area contributed by atoms with Crippen LogP contribution in [0, 0.1) is 11.8 Å². The van der Waals surface area contributed by atoms with Crippen LogP contribution in [0.3, 0.4) is 0 Å². The Morgan fingerprint density at radius 2 is 1.22 bits per heavy atom. The molecule has 0 aromatic carbocycles. The summed E-state index contributed by atoms with van der Waals surface area (Å²) in [6.45, 7) is 9.46. The summed E-state index contributed by atoms with van der Waals surface area (Å²) in [6, 6.07) is 0. The molecule has 0 saturated carbocycles. The fraction of sp³-hybridized carbons (Fsp3) is 1.00. The normalized spacial score (nSPS) is 14.7. The molecule has 0 aliphatic carbocycles. The zero-order valence-electron chi connectivity index (χ0n) is 13.6. The van der Waals surface area contributed by atoms with Gasteiger partial charge in [-0.1, -0.05) is 98.3 Å². The van der Waals surface area contributed by atoms with Gasteiger partial charge in [-0.3, -0.25) is 0 Å². The van der Waals surface area contributed by atoms with Gasteiger partial charge >= 0.3 is 0 Å². The molecule has 0 rings (SSSR count). The van der Waals surface area contributed by atoms with E-state index in [1.165, 1.54) is 77.0 Å². The van der Waals surface area contributed by atoms with Gasteiger partial charge in [-0.05, 0) is 18.3 Å². The Labute approximate surface area is 117 Å². The van der Waals surface area contributed by atoms with Crippen LogP contribution in [0.2, 0.25) is 0 Å². The van der Waals surface area contributed by atoms with E-state index in [1.807, 2.05) is 0 Å². The first kappa shape index (κ1) is 18.0. The van der Waals surface area contributed by atoms with Gasteiger partial charge in [0.1, 0.15) is 0 Å². The Hall–Kier alpha value is 0. The van der Waals surface area contributed by atoms with Gasteiger partial charge in [-0.25, -0.2) is 0 Å². The average Bonchev–Trinajstić information content (AvgIpc) is 2.37. The molecule has 0 aromatic rings. The predicted octanol–water partition coefficient (Wildman–Crippen LogP) is 6.98. The third-order valence-electron chi connectivity index (χ3n) is 4.33. The van der Waals surface area contributed by atoms with Gasteiger partial charge in [-0.15, -0.1) is 0 Å². The lowest BCUT2D eigenvalue weighted by atomic mass is 9.87. The molecule has 0 aliphatic rings. The summed E-state index contributed by atoms with van der Waals surface area (Å²) in [7, 11) is 0. The van der Waals surface area contributed by atoms with Crippen molar-refractivity contribution >= 4 is 0 Å². The number of rotatable bonds is 13. The molecular weight excluding hydrogens is 216 g/mol. The first-order chi connectivity index (χ1) is 8.74. The van der Waals surface area contributed by atoms with Gasteiger partial charge in [0.15, 0.2) is 0 Å². The quantitative estimate of drug-likeness (QED) is 0.311. The summed E-state index contributed by atoms with van der Waals surface area (Å²) >= 11 is 0. The lowest BCUT2D eigenvalue weighted by Crippen LogP contribution is -2.06. The predicted molar refractivity (Wildman–Crippen MR) is 85.1 cm³/mol. The highest BCUT2D eigenvalue weighted by Crippen LogP contribution is 2.25. The van der Waals surface area contributed by atoms with Crippen LogP contribution in [-0.2, 0) is 0 Å². The molecule has 0 heterocycles. The summed E-state index contributed by atoms with van der Waals surface area (Å²) < 4.78 is 0. The van der Waals surface area contributed by atoms with Crippen molar-refractivity contribution in [3.05, 3.63) is 0 Å². The Kier molecular flexibility index (Phi) is 13.4. The van der Waals surface area contributed by atoms with Gasteiger partial charge in [0.25, 0.3) is 0 Å². The van der Waals surface area contributed by atoms with Crippen LogP contribution in [0.5, 0.6) is 0 Å². The van der Waals surface area contributed by atoms with E-state index in [2.05, 4.69) is 27.7 Å². The van der Waals surface area contributed by atoms with Crippen molar-refractivity contribution < 1.29 is 0 Å². The monoisotopic (exact) mass is 254 g/mol. The summed E-state index contributed by atoms with van der Waals surface area (Å²) in [6.07, 6.45) is 17.3. The van der Waals surface area contributed by atoms with Crippen molar-refractivity contribution in [2.75, 3.05) is 0 Å². The van der Waals surface area contributed by atoms with Gasteiger partial charge in [0, 0.05) is 0 Å². The number of unbranched alkanes of at least 4 members (excludes halogenated alkanes) is 6. The third kappa shape index (κ3) is 11.1. The Morgan fingerprint density at radius 1 is 0.667 bits per heavy atom. The van der Waals surface area contributed by atoms with E-state index >= 15 is 0 Å². The second-order valence-electron chi connectivity index (χ2n) is 6.31. The van der Waals surface area contributed by atoms with Gasteiger partial charge in [0.05, 0.1) is 0 Å². The van der Waals surface area contributed by atoms with E-state index in [0.717, 1.165) is 11.8 Å². The minimum atomic E-state index is 0.957. The molecule has 0 nitrogen and oxygen atoms in total. The van der Waals surface area contributed by atoms with Gasteiger partial charge < -0.3 is 0 Å². The van der Waals surface area contributed by atoms with Crippen molar-refractivity contribution in [3.63, 3.8) is 0 Å². The summed E-state index contributed by atoms with van der Waals surface area (Å²) in [5, 5.41) is 0. The Bertz CT molecular complexity index is 150. The molecule has 2 atom stereocenters. The van der Waals surface area contributed by atoms with Crippen LogP contribution in [-0.4, -0.2) is 0 Å². The van der Waals surface area contributed by atoms with E-state index in [9.17, 15) is 0 Å². The van der Waals surface area contributed by atoms with E-state index in [1.54, 1.807) is 0 Å². The zero-order valence-corrected chi connectivity index (χ0v) is 13.6. The van der Waals surface area contributed by atoms with Crippen molar-refractivity contribution in [1.82, 2.24) is 0 Å². The van der Waals surface area contributed by atoms with Crippen molar-refractivity contribution in [1.29, 1.82) is 0 Å². The highest BCUT2D eigenvalue weighted by molar-refractivity contribution is 4.63. The van der Waals surface area contributed by atoms with Crippen LogP contribution >= 0.6 is 0 Å². The van der Waals surface area contributed by atoms with Crippen LogP contribution in [0.4, 0.5) is 0 Å². The van der Waals surface area contributed by atoms with Crippen LogP contribution in [0.1, 0.15) is 105 Å². The molecule has 0 N–H and O–H groups in total. The minimum Gasteiger partial charge on any atom is -0.0654 e. The van der Waals surface area contributed by atoms with Gasteiger partial charge in [-0.2, -0.15) is 0 Å². The van der Waals surface area contributed by atoms with Crippen LogP contribution < -0.4 is 0 Å². The van der Waals surface area contributed by atoms with Crippen molar-refractivity contribution in [2.45, 2.75) is 105 Å². The molecule has 0 saturated heterocycles. The molecule has 110 valence electrons. The van der Waals surface area contributed by atoms with E-state index in [4.69, 9.17) is 0 Å². The smallest absolute Gasteiger partial charge is 0.0414 e. The van der Waals surface area contributed by atoms with Crippen molar-refractivity contribution in [2.24, 2.45) is 11.8 Å². The fourth-order valence-corrected chi connectivity index (χ4v) is 2.95. The third-order valence-corrected chi connectivity index (χ3v) is 4.33. The molecule has 0 aromatic heterocycles. The lowest BCUT2D eigenvalue weighted by Gasteiger charge is -2.19. The summed E-state index contributed by atoms with van der Waals surface area (Å²) in [4.78, 5) is 0. The van der Waals surface area contributed by atoms with Crippen LogP contribution in [0.25, 0.3) is 0 Å². The maximum absolute atomic E-state index is 2.47. The largest absolute Gasteiger partial charge is 0.0654 e. The summed E-state index contributed by atoms with van der Waals surface area (Å²) in [5.74, 6) is 1.96. The number of hydrogen-bond acceptors (Lipinski definition) is 0. The SMILES string of the molecule is CCCCCCCC(C)CC(CC)CCCCC. The molecule has 2 unspecified atom stereocenters. The Morgan fingerprint density at radius 3 is 1.83 bits per heavy atom. The Balaban J connectivity index is 3.52. The number of hydrogen-bond donors (Lipinski definition) is 0. The molecule has 0 aliphatic heterocycles. The topological polar surface area (TPSA) is 0 Å². The minimum absolute atomic E-state index is 0.957. The standard InChI is InChI=1S/C18H38/c1-5-8-10-11-13-14-17(4)16-18(7-3)15-12-9-6-2/h17-18H,5-16H2,1-4H3. The highest BCUT2D eigenvalue weighted by atomic mass is 14.2.